The SMILES string of the molecule is CCC(=O)C(CO)N1C(=O)C=CC1=O. The summed E-state index contributed by atoms with van der Waals surface area (Å²) < 4.78 is 0. The zero-order valence-corrected chi connectivity index (χ0v) is 7.77. The third kappa shape index (κ3) is 1.72. The van der Waals surface area contributed by atoms with Crippen LogP contribution in [0.15, 0.2) is 12.2 Å². The van der Waals surface area contributed by atoms with Crippen LogP contribution in [-0.4, -0.2) is 40.3 Å². The lowest BCUT2D eigenvalue weighted by molar-refractivity contribution is -0.146. The van der Waals surface area contributed by atoms with Crippen molar-refractivity contribution in [2.45, 2.75) is 19.4 Å². The fourth-order valence-corrected chi connectivity index (χ4v) is 1.28. The summed E-state index contributed by atoms with van der Waals surface area (Å²) in [4.78, 5) is 34.4. The molecule has 1 N–H and O–H groups in total. The largest absolute Gasteiger partial charge is 0.394 e. The first kappa shape index (κ1) is 10.6. The Kier molecular flexibility index (Phi) is 3.14. The zero-order valence-electron chi connectivity index (χ0n) is 7.77. The van der Waals surface area contributed by atoms with E-state index in [1.807, 2.05) is 0 Å². The summed E-state index contributed by atoms with van der Waals surface area (Å²) in [7, 11) is 0. The molecule has 5 heteroatoms. The Morgan fingerprint density at radius 3 is 2.29 bits per heavy atom. The molecule has 1 aliphatic rings. The van der Waals surface area contributed by atoms with Crippen LogP contribution in [0, 0.1) is 0 Å². The number of hydrogen-bond donors (Lipinski definition) is 1. The Hall–Kier alpha value is -1.49. The molecule has 0 saturated heterocycles. The maximum atomic E-state index is 11.3. The van der Waals surface area contributed by atoms with Crippen LogP contribution in [0.1, 0.15) is 13.3 Å². The van der Waals surface area contributed by atoms with Crippen LogP contribution in [0.5, 0.6) is 0 Å². The number of amides is 2. The minimum Gasteiger partial charge on any atom is -0.394 e. The van der Waals surface area contributed by atoms with Gasteiger partial charge in [0.1, 0.15) is 6.04 Å². The highest BCUT2D eigenvalue weighted by atomic mass is 16.3. The highest BCUT2D eigenvalue weighted by Gasteiger charge is 2.34. The molecule has 5 nitrogen and oxygen atoms in total. The van der Waals surface area contributed by atoms with Crippen molar-refractivity contribution in [3.8, 4) is 0 Å². The molecule has 0 aliphatic carbocycles. The first-order valence-electron chi connectivity index (χ1n) is 4.30. The second-order valence-electron chi connectivity index (χ2n) is 2.90. The van der Waals surface area contributed by atoms with Gasteiger partial charge in [-0.1, -0.05) is 6.92 Å². The number of carbonyl (C=O) groups excluding carboxylic acids is 3. The van der Waals surface area contributed by atoms with Gasteiger partial charge in [-0.3, -0.25) is 19.3 Å². The van der Waals surface area contributed by atoms with Crippen molar-refractivity contribution in [3.05, 3.63) is 12.2 Å². The highest BCUT2D eigenvalue weighted by molar-refractivity contribution is 6.15. The fourth-order valence-electron chi connectivity index (χ4n) is 1.28. The molecule has 0 spiro atoms. The first-order valence-corrected chi connectivity index (χ1v) is 4.30. The summed E-state index contributed by atoms with van der Waals surface area (Å²) in [5, 5.41) is 8.93. The van der Waals surface area contributed by atoms with Crippen LogP contribution in [-0.2, 0) is 14.4 Å². The average Bonchev–Trinajstić information content (AvgIpc) is 2.50. The number of nitrogens with zero attached hydrogens (tertiary/aromatic N) is 1. The van der Waals surface area contributed by atoms with Crippen LogP contribution >= 0.6 is 0 Å². The molecule has 0 fully saturated rings. The normalized spacial score (nSPS) is 17.7. The number of aliphatic hydroxyl groups is 1. The van der Waals surface area contributed by atoms with E-state index in [9.17, 15) is 14.4 Å². The van der Waals surface area contributed by atoms with Gasteiger partial charge in [0.25, 0.3) is 11.8 Å². The molecule has 1 heterocycles. The Morgan fingerprint density at radius 1 is 1.43 bits per heavy atom. The zero-order chi connectivity index (χ0) is 10.7. The van der Waals surface area contributed by atoms with E-state index in [-0.39, 0.29) is 12.2 Å². The second kappa shape index (κ2) is 4.15. The second-order valence-corrected chi connectivity index (χ2v) is 2.90. The molecule has 14 heavy (non-hydrogen) atoms. The molecule has 1 rings (SSSR count). The topological polar surface area (TPSA) is 74.7 Å². The monoisotopic (exact) mass is 197 g/mol. The summed E-state index contributed by atoms with van der Waals surface area (Å²) >= 11 is 0. The first-order chi connectivity index (χ1) is 6.61. The third-order valence-corrected chi connectivity index (χ3v) is 2.05. The number of carbonyl (C=O) groups is 3. The van der Waals surface area contributed by atoms with E-state index in [1.165, 1.54) is 0 Å². The van der Waals surface area contributed by atoms with Gasteiger partial charge >= 0.3 is 0 Å². The Labute approximate surface area is 81.0 Å². The highest BCUT2D eigenvalue weighted by Crippen LogP contribution is 2.10. The summed E-state index contributed by atoms with van der Waals surface area (Å²) in [5.74, 6) is -1.41. The molecule has 0 aromatic heterocycles. The van der Waals surface area contributed by atoms with E-state index >= 15 is 0 Å². The van der Waals surface area contributed by atoms with Gasteiger partial charge < -0.3 is 5.11 Å². The lowest BCUT2D eigenvalue weighted by atomic mass is 10.1. The summed E-state index contributed by atoms with van der Waals surface area (Å²) in [6.07, 6.45) is 2.37. The van der Waals surface area contributed by atoms with Gasteiger partial charge in [0.15, 0.2) is 5.78 Å². The number of aliphatic hydroxyl groups excluding tert-OH is 1. The van der Waals surface area contributed by atoms with Crippen molar-refractivity contribution < 1.29 is 19.5 Å². The number of rotatable bonds is 4. The molecular weight excluding hydrogens is 186 g/mol. The summed E-state index contributed by atoms with van der Waals surface area (Å²) in [5.41, 5.74) is 0. The number of hydrogen-bond acceptors (Lipinski definition) is 4. The summed E-state index contributed by atoms with van der Waals surface area (Å²) in [6, 6.07) is -1.03. The minimum atomic E-state index is -1.03. The number of ketones is 1. The van der Waals surface area contributed by atoms with E-state index in [1.54, 1.807) is 6.92 Å². The molecular formula is C9H11NO4. The number of Topliss-reactive ketones (excluding diaryl/α,β-unsaturated/α-hetero) is 1. The molecule has 2 amide bonds. The van der Waals surface area contributed by atoms with E-state index in [4.69, 9.17) is 5.11 Å². The van der Waals surface area contributed by atoms with Gasteiger partial charge in [-0.2, -0.15) is 0 Å². The maximum Gasteiger partial charge on any atom is 0.254 e. The molecule has 1 atom stereocenters. The standard InChI is InChI=1S/C9H11NO4/c1-2-7(12)6(5-11)10-8(13)3-4-9(10)14/h3-4,6,11H,2,5H2,1H3. The molecule has 1 unspecified atom stereocenters. The van der Waals surface area contributed by atoms with Crippen LogP contribution in [0.25, 0.3) is 0 Å². The predicted molar refractivity (Wildman–Crippen MR) is 47.2 cm³/mol. The van der Waals surface area contributed by atoms with Crippen molar-refractivity contribution in [2.24, 2.45) is 0 Å². The van der Waals surface area contributed by atoms with Crippen molar-refractivity contribution in [1.82, 2.24) is 4.90 Å². The molecule has 0 radical (unpaired) electrons. The Balaban J connectivity index is 2.85. The molecule has 76 valence electrons. The van der Waals surface area contributed by atoms with E-state index in [0.717, 1.165) is 17.1 Å². The molecule has 0 bridgehead atoms. The van der Waals surface area contributed by atoms with Gasteiger partial charge in [-0.25, -0.2) is 0 Å². The van der Waals surface area contributed by atoms with E-state index < -0.39 is 24.5 Å². The lowest BCUT2D eigenvalue weighted by Gasteiger charge is -2.22. The predicted octanol–water partition coefficient (Wildman–Crippen LogP) is -0.749. The average molecular weight is 197 g/mol. The van der Waals surface area contributed by atoms with Crippen LogP contribution in [0.2, 0.25) is 0 Å². The van der Waals surface area contributed by atoms with Crippen LogP contribution in [0.3, 0.4) is 0 Å². The fraction of sp³-hybridized carbons (Fsp3) is 0.444. The van der Waals surface area contributed by atoms with Gasteiger partial charge in [0.2, 0.25) is 0 Å². The quantitative estimate of drug-likeness (QED) is 0.602. The molecule has 1 aliphatic heterocycles. The van der Waals surface area contributed by atoms with Gasteiger partial charge in [0, 0.05) is 18.6 Å². The minimum absolute atomic E-state index is 0.183. The number of imide groups is 1. The van der Waals surface area contributed by atoms with Crippen LogP contribution in [0.4, 0.5) is 0 Å². The Morgan fingerprint density at radius 2 is 1.93 bits per heavy atom. The van der Waals surface area contributed by atoms with Crippen molar-refractivity contribution in [1.29, 1.82) is 0 Å². The van der Waals surface area contributed by atoms with Crippen molar-refractivity contribution in [2.75, 3.05) is 6.61 Å². The van der Waals surface area contributed by atoms with Gasteiger partial charge in [0.05, 0.1) is 6.61 Å². The van der Waals surface area contributed by atoms with E-state index in [2.05, 4.69) is 0 Å². The Bertz CT molecular complexity index is 290. The molecule has 0 aromatic rings. The van der Waals surface area contributed by atoms with E-state index in [0.29, 0.717) is 0 Å². The van der Waals surface area contributed by atoms with Gasteiger partial charge in [-0.15, -0.1) is 0 Å². The van der Waals surface area contributed by atoms with Crippen LogP contribution < -0.4 is 0 Å². The van der Waals surface area contributed by atoms with Crippen molar-refractivity contribution in [3.63, 3.8) is 0 Å². The van der Waals surface area contributed by atoms with Gasteiger partial charge in [-0.05, 0) is 0 Å². The van der Waals surface area contributed by atoms with Crippen molar-refractivity contribution >= 4 is 17.6 Å². The third-order valence-electron chi connectivity index (χ3n) is 2.05. The summed E-state index contributed by atoms with van der Waals surface area (Å²) in [6.45, 7) is 1.09. The lowest BCUT2D eigenvalue weighted by Crippen LogP contribution is -2.47. The molecule has 0 aromatic carbocycles. The maximum absolute atomic E-state index is 11.3. The molecule has 0 saturated carbocycles. The smallest absolute Gasteiger partial charge is 0.254 e.